The van der Waals surface area contributed by atoms with Crippen molar-refractivity contribution >= 4 is 56.9 Å². The number of amides is 1. The number of benzene rings is 1. The highest BCUT2D eigenvalue weighted by Crippen LogP contribution is 2.49. The lowest BCUT2D eigenvalue weighted by Crippen LogP contribution is -2.38. The number of aromatic amines is 1. The van der Waals surface area contributed by atoms with E-state index in [4.69, 9.17) is 27.9 Å². The van der Waals surface area contributed by atoms with Crippen LogP contribution >= 0.6 is 23.2 Å². The molecule has 0 spiro atoms. The summed E-state index contributed by atoms with van der Waals surface area (Å²) in [6, 6.07) is 1.74. The molecule has 4 rings (SSSR count). The average Bonchev–Trinajstić information content (AvgIpc) is 3.20. The zero-order valence-corrected chi connectivity index (χ0v) is 18.5. The molecule has 1 amide bonds. The highest BCUT2D eigenvalue weighted by molar-refractivity contribution is 6.64. The monoisotopic (exact) mass is 450 g/mol. The van der Waals surface area contributed by atoms with E-state index in [1.807, 2.05) is 13.1 Å². The largest absolute Gasteiger partial charge is 0.424 e. The molecule has 0 radical (unpaired) electrons. The first-order chi connectivity index (χ1) is 14.3. The second kappa shape index (κ2) is 7.89. The van der Waals surface area contributed by atoms with Crippen LogP contribution in [0.1, 0.15) is 56.1 Å². The Morgan fingerprint density at radius 3 is 2.63 bits per heavy atom. The third-order valence-electron chi connectivity index (χ3n) is 6.52. The van der Waals surface area contributed by atoms with Gasteiger partial charge >= 0.3 is 5.97 Å². The first-order valence-corrected chi connectivity index (χ1v) is 11.1. The molecule has 1 fully saturated rings. The Labute approximate surface area is 184 Å². The van der Waals surface area contributed by atoms with E-state index in [0.29, 0.717) is 24.6 Å². The van der Waals surface area contributed by atoms with Gasteiger partial charge in [0.25, 0.3) is 0 Å². The number of anilines is 1. The lowest BCUT2D eigenvalue weighted by Gasteiger charge is -2.38. The maximum absolute atomic E-state index is 13.2. The van der Waals surface area contributed by atoms with Gasteiger partial charge in [0, 0.05) is 54.8 Å². The van der Waals surface area contributed by atoms with Crippen molar-refractivity contribution in [3.05, 3.63) is 23.4 Å². The fourth-order valence-corrected chi connectivity index (χ4v) is 5.27. The van der Waals surface area contributed by atoms with Gasteiger partial charge in [0.1, 0.15) is 0 Å². The van der Waals surface area contributed by atoms with Crippen molar-refractivity contribution in [2.45, 2.75) is 51.9 Å². The Balaban J connectivity index is 1.70. The topological polar surface area (TPSA) is 79.5 Å². The lowest BCUT2D eigenvalue weighted by atomic mass is 9.67. The molecule has 8 heteroatoms. The van der Waals surface area contributed by atoms with Gasteiger partial charge in [0.2, 0.25) is 11.1 Å². The Kier molecular flexibility index (Phi) is 5.58. The van der Waals surface area contributed by atoms with Crippen LogP contribution in [0, 0.1) is 12.3 Å². The number of rotatable bonds is 6. The van der Waals surface area contributed by atoms with Gasteiger partial charge in [-0.1, -0.05) is 6.42 Å². The minimum atomic E-state index is -0.560. The average molecular weight is 451 g/mol. The third kappa shape index (κ3) is 3.40. The lowest BCUT2D eigenvalue weighted by molar-refractivity contribution is -0.132. The molecular weight excluding hydrogens is 427 g/mol. The van der Waals surface area contributed by atoms with Crippen LogP contribution in [0.2, 0.25) is 0 Å². The maximum atomic E-state index is 13.2. The number of nitrogens with one attached hydrogen (secondary N) is 1. The van der Waals surface area contributed by atoms with E-state index in [9.17, 15) is 14.4 Å². The van der Waals surface area contributed by atoms with Crippen LogP contribution in [0.3, 0.4) is 0 Å². The molecule has 1 N–H and O–H groups in total. The molecule has 6 nitrogen and oxygen atoms in total. The molecule has 1 aromatic heterocycles. The summed E-state index contributed by atoms with van der Waals surface area (Å²) in [7, 11) is 0. The van der Waals surface area contributed by atoms with E-state index in [0.717, 1.165) is 47.0 Å². The summed E-state index contributed by atoms with van der Waals surface area (Å²) in [6.07, 6.45) is 4.99. The molecule has 1 aromatic carbocycles. The number of fused-ring (bicyclic) bond motifs is 3. The second-order valence-electron chi connectivity index (χ2n) is 8.39. The number of aromatic nitrogens is 1. The summed E-state index contributed by atoms with van der Waals surface area (Å²) in [5.41, 5.74) is 2.88. The van der Waals surface area contributed by atoms with Crippen molar-refractivity contribution in [2.24, 2.45) is 5.41 Å². The van der Waals surface area contributed by atoms with Gasteiger partial charge in [0.15, 0.2) is 5.75 Å². The molecule has 2 heterocycles. The molecule has 1 atom stereocenters. The van der Waals surface area contributed by atoms with Crippen LogP contribution in [0.4, 0.5) is 5.69 Å². The number of esters is 1. The number of hydrogen-bond donors (Lipinski definition) is 1. The van der Waals surface area contributed by atoms with Crippen molar-refractivity contribution < 1.29 is 19.1 Å². The van der Waals surface area contributed by atoms with E-state index < -0.39 is 11.4 Å². The minimum Gasteiger partial charge on any atom is -0.424 e. The van der Waals surface area contributed by atoms with Crippen LogP contribution in [0.15, 0.2) is 12.3 Å². The molecule has 160 valence electrons. The SMILES string of the molecule is CC(=O)Oc1cc2c(c3c(C)c[nH]c13)C(CCl)CN2C(=O)CCC1(C(=O)Cl)CCC1. The van der Waals surface area contributed by atoms with Gasteiger partial charge in [0.05, 0.1) is 11.2 Å². The van der Waals surface area contributed by atoms with Gasteiger partial charge < -0.3 is 14.6 Å². The van der Waals surface area contributed by atoms with Crippen LogP contribution in [-0.4, -0.2) is 34.5 Å². The molecule has 1 aliphatic carbocycles. The van der Waals surface area contributed by atoms with Crippen LogP contribution < -0.4 is 9.64 Å². The Hall–Kier alpha value is -2.05. The van der Waals surface area contributed by atoms with E-state index in [1.54, 1.807) is 11.0 Å². The highest BCUT2D eigenvalue weighted by Gasteiger charge is 2.44. The fourth-order valence-electron chi connectivity index (χ4n) is 4.74. The zero-order valence-electron chi connectivity index (χ0n) is 17.0. The number of halogens is 2. The number of ether oxygens (including phenoxy) is 1. The zero-order chi connectivity index (χ0) is 21.6. The van der Waals surface area contributed by atoms with Gasteiger partial charge in [-0.25, -0.2) is 0 Å². The second-order valence-corrected chi connectivity index (χ2v) is 9.04. The molecule has 1 saturated carbocycles. The smallest absolute Gasteiger partial charge is 0.308 e. The van der Waals surface area contributed by atoms with E-state index in [-0.39, 0.29) is 23.5 Å². The summed E-state index contributed by atoms with van der Waals surface area (Å²) < 4.78 is 5.43. The number of H-pyrrole nitrogens is 1. The number of alkyl halides is 1. The molecule has 0 saturated heterocycles. The molecule has 30 heavy (non-hydrogen) atoms. The van der Waals surface area contributed by atoms with Gasteiger partial charge in [-0.2, -0.15) is 0 Å². The van der Waals surface area contributed by atoms with Crippen molar-refractivity contribution in [1.82, 2.24) is 4.98 Å². The number of hydrogen-bond acceptors (Lipinski definition) is 4. The van der Waals surface area contributed by atoms with Gasteiger partial charge in [-0.05, 0) is 48.9 Å². The summed E-state index contributed by atoms with van der Waals surface area (Å²) in [5, 5.41) is 0.597. The van der Waals surface area contributed by atoms with E-state index >= 15 is 0 Å². The first kappa shape index (κ1) is 21.2. The fraction of sp³-hybridized carbons (Fsp3) is 0.500. The molecular formula is C22H24Cl2N2O4. The number of carbonyl (C=O) groups excluding carboxylic acids is 3. The molecule has 0 bridgehead atoms. The number of carbonyl (C=O) groups is 3. The van der Waals surface area contributed by atoms with Crippen LogP contribution in [0.5, 0.6) is 5.75 Å². The standard InChI is InChI=1S/C22H24Cl2N2O4/c1-12-10-25-20-16(30-13(2)27)8-15-19(18(12)20)14(9-23)11-26(15)17(28)4-7-22(21(24)29)5-3-6-22/h8,10,14,25H,3-7,9,11H2,1-2H3. The molecule has 1 unspecified atom stereocenters. The maximum Gasteiger partial charge on any atom is 0.308 e. The summed E-state index contributed by atoms with van der Waals surface area (Å²) in [6.45, 7) is 3.78. The van der Waals surface area contributed by atoms with E-state index in [1.165, 1.54) is 6.92 Å². The van der Waals surface area contributed by atoms with Crippen LogP contribution in [-0.2, 0) is 14.4 Å². The van der Waals surface area contributed by atoms with Crippen molar-refractivity contribution in [2.75, 3.05) is 17.3 Å². The summed E-state index contributed by atoms with van der Waals surface area (Å²) in [5.74, 6) is 0.230. The van der Waals surface area contributed by atoms with Crippen molar-refractivity contribution in [3.63, 3.8) is 0 Å². The predicted molar refractivity (Wildman–Crippen MR) is 117 cm³/mol. The quantitative estimate of drug-likeness (QED) is 0.297. The Bertz CT molecular complexity index is 1040. The Morgan fingerprint density at radius 2 is 2.07 bits per heavy atom. The highest BCUT2D eigenvalue weighted by atomic mass is 35.5. The van der Waals surface area contributed by atoms with Crippen LogP contribution in [0.25, 0.3) is 10.9 Å². The first-order valence-electron chi connectivity index (χ1n) is 10.2. The third-order valence-corrected chi connectivity index (χ3v) is 7.30. The molecule has 2 aromatic rings. The number of nitrogens with zero attached hydrogens (tertiary/aromatic N) is 1. The summed E-state index contributed by atoms with van der Waals surface area (Å²) in [4.78, 5) is 41.6. The molecule has 2 aliphatic rings. The predicted octanol–water partition coefficient (Wildman–Crippen LogP) is 4.79. The molecule has 1 aliphatic heterocycles. The summed E-state index contributed by atoms with van der Waals surface area (Å²) >= 11 is 12.1. The Morgan fingerprint density at radius 1 is 1.33 bits per heavy atom. The minimum absolute atomic E-state index is 0.0266. The van der Waals surface area contributed by atoms with E-state index in [2.05, 4.69) is 4.98 Å². The van der Waals surface area contributed by atoms with Crippen molar-refractivity contribution in [3.8, 4) is 5.75 Å². The normalized spacial score (nSPS) is 19.5. The number of aryl methyl sites for hydroxylation is 1. The van der Waals surface area contributed by atoms with Crippen molar-refractivity contribution in [1.29, 1.82) is 0 Å². The van der Waals surface area contributed by atoms with Gasteiger partial charge in [-0.3, -0.25) is 14.4 Å². The van der Waals surface area contributed by atoms with Gasteiger partial charge in [-0.15, -0.1) is 11.6 Å².